The molecule has 0 spiro atoms. The van der Waals surface area contributed by atoms with Gasteiger partial charge in [0.15, 0.2) is 0 Å². The van der Waals surface area contributed by atoms with E-state index in [9.17, 15) is 13.2 Å². The SMILES string of the molecule is CCN(CC)C(=O)CN(C)S(=O)(=O)c1cc(Br)cnc1Cl. The number of likely N-dealkylation sites (N-methyl/N-ethyl adjacent to an activating group) is 2. The smallest absolute Gasteiger partial charge is 0.246 e. The molecule has 0 atom stereocenters. The maximum absolute atomic E-state index is 12.4. The quantitative estimate of drug-likeness (QED) is 0.687. The number of hydrogen-bond donors (Lipinski definition) is 0. The van der Waals surface area contributed by atoms with Gasteiger partial charge in [0.1, 0.15) is 10.0 Å². The summed E-state index contributed by atoms with van der Waals surface area (Å²) in [6, 6.07) is 1.36. The maximum atomic E-state index is 12.4. The van der Waals surface area contributed by atoms with Gasteiger partial charge in [0, 0.05) is 30.8 Å². The first-order valence-electron chi connectivity index (χ1n) is 6.29. The summed E-state index contributed by atoms with van der Waals surface area (Å²) >= 11 is 9.00. The molecule has 0 aromatic carbocycles. The van der Waals surface area contributed by atoms with E-state index in [4.69, 9.17) is 11.6 Å². The Morgan fingerprint density at radius 1 is 1.38 bits per heavy atom. The van der Waals surface area contributed by atoms with Crippen LogP contribution in [-0.2, 0) is 14.8 Å². The van der Waals surface area contributed by atoms with Crippen LogP contribution in [0.3, 0.4) is 0 Å². The molecule has 118 valence electrons. The fourth-order valence-electron chi connectivity index (χ4n) is 1.70. The van der Waals surface area contributed by atoms with Crippen molar-refractivity contribution in [1.82, 2.24) is 14.2 Å². The number of hydrogen-bond acceptors (Lipinski definition) is 4. The van der Waals surface area contributed by atoms with Crippen LogP contribution in [-0.4, -0.2) is 55.2 Å². The number of aromatic nitrogens is 1. The van der Waals surface area contributed by atoms with Crippen molar-refractivity contribution in [2.45, 2.75) is 18.7 Å². The highest BCUT2D eigenvalue weighted by Crippen LogP contribution is 2.25. The molecule has 0 radical (unpaired) electrons. The number of sulfonamides is 1. The number of nitrogens with zero attached hydrogens (tertiary/aromatic N) is 3. The van der Waals surface area contributed by atoms with Crippen LogP contribution in [0.5, 0.6) is 0 Å². The molecule has 1 amide bonds. The van der Waals surface area contributed by atoms with Gasteiger partial charge in [-0.15, -0.1) is 0 Å². The first-order chi connectivity index (χ1) is 9.73. The summed E-state index contributed by atoms with van der Waals surface area (Å²) in [6.07, 6.45) is 1.41. The van der Waals surface area contributed by atoms with E-state index in [1.54, 1.807) is 4.90 Å². The molecule has 1 aromatic rings. The first-order valence-corrected chi connectivity index (χ1v) is 8.90. The molecule has 0 aliphatic heterocycles. The van der Waals surface area contributed by atoms with Crippen LogP contribution >= 0.6 is 27.5 Å². The fraction of sp³-hybridized carbons (Fsp3) is 0.500. The Bertz CT molecular complexity index is 620. The van der Waals surface area contributed by atoms with E-state index in [0.29, 0.717) is 17.6 Å². The van der Waals surface area contributed by atoms with Gasteiger partial charge in [0.25, 0.3) is 0 Å². The summed E-state index contributed by atoms with van der Waals surface area (Å²) < 4.78 is 26.4. The van der Waals surface area contributed by atoms with Gasteiger partial charge in [-0.2, -0.15) is 4.31 Å². The summed E-state index contributed by atoms with van der Waals surface area (Å²) in [5.41, 5.74) is 0. The molecular formula is C12H17BrClN3O3S. The molecule has 0 saturated heterocycles. The molecule has 0 saturated carbocycles. The third kappa shape index (κ3) is 4.38. The molecule has 0 unspecified atom stereocenters. The second-order valence-electron chi connectivity index (χ2n) is 4.27. The molecule has 0 bridgehead atoms. The number of carbonyl (C=O) groups is 1. The highest BCUT2D eigenvalue weighted by Gasteiger charge is 2.27. The third-order valence-electron chi connectivity index (χ3n) is 2.94. The Hall–Kier alpha value is -0.700. The summed E-state index contributed by atoms with van der Waals surface area (Å²) in [5.74, 6) is -0.259. The molecule has 0 aliphatic carbocycles. The van der Waals surface area contributed by atoms with Crippen molar-refractivity contribution in [3.05, 3.63) is 21.9 Å². The highest BCUT2D eigenvalue weighted by atomic mass is 79.9. The zero-order valence-electron chi connectivity index (χ0n) is 12.0. The largest absolute Gasteiger partial charge is 0.342 e. The van der Waals surface area contributed by atoms with Crippen LogP contribution in [0.15, 0.2) is 21.6 Å². The van der Waals surface area contributed by atoms with E-state index in [2.05, 4.69) is 20.9 Å². The van der Waals surface area contributed by atoms with Gasteiger partial charge in [-0.3, -0.25) is 4.79 Å². The predicted octanol–water partition coefficient (Wildman–Crippen LogP) is 1.99. The van der Waals surface area contributed by atoms with Crippen molar-refractivity contribution in [3.63, 3.8) is 0 Å². The molecule has 0 N–H and O–H groups in total. The van der Waals surface area contributed by atoms with E-state index >= 15 is 0 Å². The molecule has 9 heteroatoms. The number of pyridine rings is 1. The zero-order valence-corrected chi connectivity index (χ0v) is 15.2. The van der Waals surface area contributed by atoms with Gasteiger partial charge in [-0.25, -0.2) is 13.4 Å². The molecule has 1 rings (SSSR count). The van der Waals surface area contributed by atoms with Crippen molar-refractivity contribution in [3.8, 4) is 0 Å². The van der Waals surface area contributed by atoms with Crippen LogP contribution in [0.1, 0.15) is 13.8 Å². The molecule has 0 aliphatic rings. The monoisotopic (exact) mass is 397 g/mol. The van der Waals surface area contributed by atoms with Crippen LogP contribution in [0.2, 0.25) is 5.15 Å². The Kier molecular flexibility index (Phi) is 6.58. The van der Waals surface area contributed by atoms with Gasteiger partial charge in [-0.1, -0.05) is 11.6 Å². The standard InChI is InChI=1S/C12H17BrClN3O3S/c1-4-17(5-2)11(18)8-16(3)21(19,20)10-6-9(13)7-15-12(10)14/h6-7H,4-5,8H2,1-3H3. The molecular weight excluding hydrogens is 382 g/mol. The number of amides is 1. The van der Waals surface area contributed by atoms with Gasteiger partial charge < -0.3 is 4.90 Å². The minimum absolute atomic E-state index is 0.125. The van der Waals surface area contributed by atoms with Gasteiger partial charge in [0.05, 0.1) is 6.54 Å². The van der Waals surface area contributed by atoms with Crippen molar-refractivity contribution >= 4 is 43.5 Å². The average Bonchev–Trinajstić information content (AvgIpc) is 2.42. The minimum atomic E-state index is -3.88. The lowest BCUT2D eigenvalue weighted by Gasteiger charge is -2.23. The average molecular weight is 399 g/mol. The summed E-state index contributed by atoms with van der Waals surface area (Å²) in [5, 5.41) is -0.125. The van der Waals surface area contributed by atoms with Crippen LogP contribution in [0, 0.1) is 0 Å². The summed E-state index contributed by atoms with van der Waals surface area (Å²) in [4.78, 5) is 17.2. The lowest BCUT2D eigenvalue weighted by Crippen LogP contribution is -2.41. The predicted molar refractivity (Wildman–Crippen MR) is 84.7 cm³/mol. The minimum Gasteiger partial charge on any atom is -0.342 e. The highest BCUT2D eigenvalue weighted by molar-refractivity contribution is 9.10. The molecule has 1 heterocycles. The second kappa shape index (κ2) is 7.53. The van der Waals surface area contributed by atoms with Crippen molar-refractivity contribution in [2.75, 3.05) is 26.7 Å². The first kappa shape index (κ1) is 18.3. The number of carbonyl (C=O) groups excluding carboxylic acids is 1. The summed E-state index contributed by atoms with van der Waals surface area (Å²) in [6.45, 7) is 4.49. The van der Waals surface area contributed by atoms with Crippen molar-refractivity contribution in [1.29, 1.82) is 0 Å². The third-order valence-corrected chi connectivity index (χ3v) is 5.60. The Morgan fingerprint density at radius 3 is 2.48 bits per heavy atom. The number of rotatable bonds is 6. The van der Waals surface area contributed by atoms with E-state index in [1.807, 2.05) is 13.8 Å². The van der Waals surface area contributed by atoms with Gasteiger partial charge in [-0.05, 0) is 35.8 Å². The zero-order chi connectivity index (χ0) is 16.2. The van der Waals surface area contributed by atoms with Crippen LogP contribution < -0.4 is 0 Å². The van der Waals surface area contributed by atoms with E-state index < -0.39 is 10.0 Å². The maximum Gasteiger partial charge on any atom is 0.246 e. The van der Waals surface area contributed by atoms with Crippen LogP contribution in [0.25, 0.3) is 0 Å². The summed E-state index contributed by atoms with van der Waals surface area (Å²) in [7, 11) is -2.53. The molecule has 6 nitrogen and oxygen atoms in total. The lowest BCUT2D eigenvalue weighted by atomic mass is 10.4. The molecule has 21 heavy (non-hydrogen) atoms. The molecule has 0 fully saturated rings. The van der Waals surface area contributed by atoms with Crippen molar-refractivity contribution in [2.24, 2.45) is 0 Å². The van der Waals surface area contributed by atoms with Crippen molar-refractivity contribution < 1.29 is 13.2 Å². The normalized spacial score (nSPS) is 11.7. The van der Waals surface area contributed by atoms with Crippen LogP contribution in [0.4, 0.5) is 0 Å². The molecule has 1 aromatic heterocycles. The second-order valence-corrected chi connectivity index (χ2v) is 7.56. The Labute approximate surface area is 138 Å². The lowest BCUT2D eigenvalue weighted by molar-refractivity contribution is -0.130. The number of halogens is 2. The van der Waals surface area contributed by atoms with Gasteiger partial charge in [0.2, 0.25) is 15.9 Å². The van der Waals surface area contributed by atoms with Gasteiger partial charge >= 0.3 is 0 Å². The van der Waals surface area contributed by atoms with E-state index in [0.717, 1.165) is 4.31 Å². The Morgan fingerprint density at radius 2 is 1.95 bits per heavy atom. The fourth-order valence-corrected chi connectivity index (χ4v) is 3.74. The van der Waals surface area contributed by atoms with E-state index in [1.165, 1.54) is 19.3 Å². The topological polar surface area (TPSA) is 70.6 Å². The Balaban J connectivity index is 3.02. The van der Waals surface area contributed by atoms with E-state index in [-0.39, 0.29) is 22.5 Å².